The molecule has 11 nitrogen and oxygen atoms in total. The summed E-state index contributed by atoms with van der Waals surface area (Å²) in [5.74, 6) is -0.0309. The molecule has 3 aliphatic rings. The summed E-state index contributed by atoms with van der Waals surface area (Å²) >= 11 is 0. The van der Waals surface area contributed by atoms with Gasteiger partial charge < -0.3 is 34.4 Å². The van der Waals surface area contributed by atoms with Crippen LogP contribution in [0.2, 0.25) is 0 Å². The van der Waals surface area contributed by atoms with Crippen molar-refractivity contribution in [1.82, 2.24) is 15.0 Å². The predicted molar refractivity (Wildman–Crippen MR) is 126 cm³/mol. The van der Waals surface area contributed by atoms with E-state index in [1.54, 1.807) is 0 Å². The molecule has 3 aromatic rings. The van der Waals surface area contributed by atoms with Gasteiger partial charge in [-0.05, 0) is 19.3 Å². The standard InChI is InChI=1S/C21H25N7O4.H2S/c22-13-3-4-28(10-13)20-24-15(11-31-20)19(29)23-14-9-16-18(25-17(14)12-1-2-12)26-21(32-16)27-5-7-30-8-6-27;/h9,11-13H,1-8,10,22H2,(H,23,29);1H2/t13-;/m0./s1. The van der Waals surface area contributed by atoms with E-state index in [4.69, 9.17) is 24.3 Å². The van der Waals surface area contributed by atoms with Crippen LogP contribution in [0.1, 0.15) is 41.4 Å². The highest BCUT2D eigenvalue weighted by molar-refractivity contribution is 7.59. The highest BCUT2D eigenvalue weighted by Crippen LogP contribution is 2.43. The van der Waals surface area contributed by atoms with E-state index in [2.05, 4.69) is 15.3 Å². The van der Waals surface area contributed by atoms with Gasteiger partial charge in [0.05, 0.1) is 24.6 Å². The van der Waals surface area contributed by atoms with Crippen molar-refractivity contribution in [2.75, 3.05) is 54.5 Å². The molecule has 6 rings (SSSR count). The van der Waals surface area contributed by atoms with Crippen molar-refractivity contribution in [1.29, 1.82) is 0 Å². The van der Waals surface area contributed by atoms with Crippen LogP contribution in [0, 0.1) is 0 Å². The van der Waals surface area contributed by atoms with Crippen molar-refractivity contribution in [3.8, 4) is 0 Å². The van der Waals surface area contributed by atoms with Gasteiger partial charge in [-0.15, -0.1) is 0 Å². The Morgan fingerprint density at radius 2 is 1.88 bits per heavy atom. The Bertz CT molecular complexity index is 1150. The molecular formula is C21H27N7O4S. The summed E-state index contributed by atoms with van der Waals surface area (Å²) < 4.78 is 16.9. The quantitative estimate of drug-likeness (QED) is 0.565. The first kappa shape index (κ1) is 22.0. The Kier molecular flexibility index (Phi) is 5.89. The molecular weight excluding hydrogens is 446 g/mol. The molecule has 0 unspecified atom stereocenters. The molecule has 33 heavy (non-hydrogen) atoms. The van der Waals surface area contributed by atoms with Gasteiger partial charge in [0.15, 0.2) is 11.3 Å². The monoisotopic (exact) mass is 473 g/mol. The second-order valence-corrected chi connectivity index (χ2v) is 8.58. The fourth-order valence-corrected chi connectivity index (χ4v) is 4.19. The molecule has 0 radical (unpaired) electrons. The zero-order valence-electron chi connectivity index (χ0n) is 18.1. The molecule has 1 amide bonds. The Hall–Kier alpha value is -2.83. The highest BCUT2D eigenvalue weighted by Gasteiger charge is 2.31. The second-order valence-electron chi connectivity index (χ2n) is 8.58. The van der Waals surface area contributed by atoms with Crippen LogP contribution in [-0.2, 0) is 4.74 Å². The van der Waals surface area contributed by atoms with Crippen molar-refractivity contribution in [3.05, 3.63) is 23.7 Å². The van der Waals surface area contributed by atoms with Crippen molar-refractivity contribution >= 4 is 48.3 Å². The van der Waals surface area contributed by atoms with Crippen LogP contribution in [0.15, 0.2) is 21.2 Å². The fraction of sp³-hybridized carbons (Fsp3) is 0.524. The number of oxazole rings is 2. The maximum atomic E-state index is 12.9. The van der Waals surface area contributed by atoms with Crippen LogP contribution in [0.4, 0.5) is 17.7 Å². The van der Waals surface area contributed by atoms with E-state index in [-0.39, 0.29) is 31.1 Å². The molecule has 0 aromatic carbocycles. The van der Waals surface area contributed by atoms with Gasteiger partial charge in [0.2, 0.25) is 5.65 Å². The number of rotatable bonds is 5. The smallest absolute Gasteiger partial charge is 0.300 e. The number of hydrogen-bond acceptors (Lipinski definition) is 10. The molecule has 12 heteroatoms. The van der Waals surface area contributed by atoms with Gasteiger partial charge in [-0.2, -0.15) is 23.5 Å². The highest BCUT2D eigenvalue weighted by atomic mass is 32.1. The number of nitrogens with two attached hydrogens (primary N) is 1. The third-order valence-corrected chi connectivity index (χ3v) is 6.11. The van der Waals surface area contributed by atoms with Gasteiger partial charge in [-0.25, -0.2) is 4.98 Å². The number of hydrogen-bond donors (Lipinski definition) is 2. The third kappa shape index (κ3) is 4.37. The number of pyridine rings is 1. The average molecular weight is 474 g/mol. The number of anilines is 3. The van der Waals surface area contributed by atoms with Crippen LogP contribution in [0.25, 0.3) is 11.2 Å². The van der Waals surface area contributed by atoms with Crippen LogP contribution >= 0.6 is 13.5 Å². The molecule has 1 saturated carbocycles. The van der Waals surface area contributed by atoms with E-state index in [0.717, 1.165) is 44.6 Å². The molecule has 1 atom stereocenters. The van der Waals surface area contributed by atoms with Crippen molar-refractivity contribution < 1.29 is 18.4 Å². The minimum Gasteiger partial charge on any atom is -0.431 e. The molecule has 1 aliphatic carbocycles. The molecule has 3 N–H and O–H groups in total. The molecule has 3 aromatic heterocycles. The number of amides is 1. The van der Waals surface area contributed by atoms with Gasteiger partial charge in [0.25, 0.3) is 17.9 Å². The first-order valence-corrected chi connectivity index (χ1v) is 11.1. The van der Waals surface area contributed by atoms with Crippen molar-refractivity contribution in [3.63, 3.8) is 0 Å². The Morgan fingerprint density at radius 1 is 1.06 bits per heavy atom. The fourth-order valence-electron chi connectivity index (χ4n) is 4.19. The zero-order valence-corrected chi connectivity index (χ0v) is 19.1. The molecule has 3 fully saturated rings. The summed E-state index contributed by atoms with van der Waals surface area (Å²) in [5.41, 5.74) is 8.73. The maximum absolute atomic E-state index is 12.9. The van der Waals surface area contributed by atoms with Crippen LogP contribution in [0.3, 0.4) is 0 Å². The van der Waals surface area contributed by atoms with Crippen molar-refractivity contribution in [2.24, 2.45) is 5.73 Å². The van der Waals surface area contributed by atoms with Crippen LogP contribution in [-0.4, -0.2) is 66.3 Å². The SMILES string of the molecule is N[C@H]1CCN(c2nc(C(=O)Nc3cc4oc(N5CCOCC5)nc4nc3C3CC3)co2)C1.S. The summed E-state index contributed by atoms with van der Waals surface area (Å²) in [7, 11) is 0. The minimum atomic E-state index is -0.348. The first-order chi connectivity index (χ1) is 15.6. The molecule has 2 saturated heterocycles. The lowest BCUT2D eigenvalue weighted by molar-refractivity contribution is 0.102. The molecule has 5 heterocycles. The van der Waals surface area contributed by atoms with E-state index in [9.17, 15) is 4.79 Å². The lowest BCUT2D eigenvalue weighted by Crippen LogP contribution is -2.36. The third-order valence-electron chi connectivity index (χ3n) is 6.11. The van der Waals surface area contributed by atoms with E-state index in [1.165, 1.54) is 6.26 Å². The average Bonchev–Trinajstić information content (AvgIpc) is 3.19. The number of nitrogens with zero attached hydrogens (tertiary/aromatic N) is 5. The number of morpholine rings is 1. The summed E-state index contributed by atoms with van der Waals surface area (Å²) in [4.78, 5) is 30.6. The summed E-state index contributed by atoms with van der Waals surface area (Å²) in [6.07, 6.45) is 4.34. The number of fused-ring (bicyclic) bond motifs is 1. The van der Waals surface area contributed by atoms with Gasteiger partial charge in [0.1, 0.15) is 6.26 Å². The number of ether oxygens (including phenoxy) is 1. The summed E-state index contributed by atoms with van der Waals surface area (Å²) in [6, 6.07) is 2.86. The van der Waals surface area contributed by atoms with Gasteiger partial charge in [-0.1, -0.05) is 0 Å². The lowest BCUT2D eigenvalue weighted by Gasteiger charge is -2.24. The lowest BCUT2D eigenvalue weighted by atomic mass is 10.2. The molecule has 176 valence electrons. The Labute approximate surface area is 197 Å². The number of carbonyl (C=O) groups is 1. The predicted octanol–water partition coefficient (Wildman–Crippen LogP) is 1.83. The van der Waals surface area contributed by atoms with Crippen LogP contribution in [0.5, 0.6) is 0 Å². The molecule has 0 spiro atoms. The normalized spacial score (nSPS) is 20.8. The topological polar surface area (TPSA) is 136 Å². The van der Waals surface area contributed by atoms with Gasteiger partial charge >= 0.3 is 0 Å². The summed E-state index contributed by atoms with van der Waals surface area (Å²) in [6.45, 7) is 4.18. The van der Waals surface area contributed by atoms with E-state index in [1.807, 2.05) is 15.9 Å². The zero-order chi connectivity index (χ0) is 21.7. The van der Waals surface area contributed by atoms with E-state index < -0.39 is 0 Å². The number of carbonyl (C=O) groups excluding carboxylic acids is 1. The Morgan fingerprint density at radius 3 is 2.61 bits per heavy atom. The van der Waals surface area contributed by atoms with Crippen molar-refractivity contribution in [2.45, 2.75) is 31.2 Å². The number of aromatic nitrogens is 3. The van der Waals surface area contributed by atoms with Crippen LogP contribution < -0.4 is 20.9 Å². The van der Waals surface area contributed by atoms with Gasteiger partial charge in [0, 0.05) is 44.2 Å². The Balaban J connectivity index is 0.00000228. The first-order valence-electron chi connectivity index (χ1n) is 11.1. The van der Waals surface area contributed by atoms with Gasteiger partial charge in [-0.3, -0.25) is 4.79 Å². The van der Waals surface area contributed by atoms with E-state index >= 15 is 0 Å². The minimum absolute atomic E-state index is 0. The largest absolute Gasteiger partial charge is 0.431 e. The molecule has 0 bridgehead atoms. The number of nitrogens with one attached hydrogen (secondary N) is 1. The second kappa shape index (κ2) is 8.84. The summed E-state index contributed by atoms with van der Waals surface area (Å²) in [5, 5.41) is 2.95. The maximum Gasteiger partial charge on any atom is 0.300 e. The van der Waals surface area contributed by atoms with E-state index in [0.29, 0.717) is 54.6 Å². The molecule has 2 aliphatic heterocycles.